The van der Waals surface area contributed by atoms with Crippen molar-refractivity contribution in [2.75, 3.05) is 19.0 Å². The number of nitrogens with one attached hydrogen (secondary N) is 1. The van der Waals surface area contributed by atoms with E-state index in [1.165, 1.54) is 0 Å². The van der Waals surface area contributed by atoms with E-state index in [-0.39, 0.29) is 6.04 Å². The van der Waals surface area contributed by atoms with Gasteiger partial charge in [-0.2, -0.15) is 0 Å². The molecule has 2 heterocycles. The van der Waals surface area contributed by atoms with E-state index in [0.29, 0.717) is 17.9 Å². The average molecular weight is 300 g/mol. The molecule has 0 saturated heterocycles. The molecule has 1 aliphatic heterocycles. The maximum Gasteiger partial charge on any atom is 0.248 e. The number of hydrogen-bond donors (Lipinski definition) is 2. The number of amides is 1. The highest BCUT2D eigenvalue weighted by Gasteiger charge is 2.27. The second-order valence-electron chi connectivity index (χ2n) is 5.34. The molecule has 0 saturated carbocycles. The Morgan fingerprint density at radius 1 is 1.55 bits per heavy atom. The Bertz CT molecular complexity index is 748. The van der Waals surface area contributed by atoms with Crippen LogP contribution in [0.4, 0.5) is 5.95 Å². The van der Waals surface area contributed by atoms with Crippen LogP contribution in [0.1, 0.15) is 36.2 Å². The molecule has 6 heteroatoms. The molecule has 0 aliphatic carbocycles. The van der Waals surface area contributed by atoms with Crippen LogP contribution in [0.5, 0.6) is 5.75 Å². The number of hydrogen-bond acceptors (Lipinski definition) is 4. The number of anilines is 1. The molecule has 3 rings (SSSR count). The molecular weight excluding hydrogens is 280 g/mol. The number of nitrogens with zero attached hydrogens (tertiary/aromatic N) is 2. The van der Waals surface area contributed by atoms with Gasteiger partial charge in [-0.15, -0.1) is 0 Å². The van der Waals surface area contributed by atoms with Crippen molar-refractivity contribution in [3.63, 3.8) is 0 Å². The lowest BCUT2D eigenvalue weighted by Gasteiger charge is -2.26. The first-order valence-corrected chi connectivity index (χ1v) is 7.47. The number of ether oxygens (including phenoxy) is 1. The smallest absolute Gasteiger partial charge is 0.248 e. The molecule has 3 N–H and O–H groups in total. The van der Waals surface area contributed by atoms with E-state index in [1.807, 2.05) is 7.05 Å². The van der Waals surface area contributed by atoms with Crippen LogP contribution in [-0.4, -0.2) is 29.1 Å². The van der Waals surface area contributed by atoms with Gasteiger partial charge in [0.05, 0.1) is 11.6 Å². The summed E-state index contributed by atoms with van der Waals surface area (Å²) in [5, 5.41) is 3.12. The second-order valence-corrected chi connectivity index (χ2v) is 5.34. The van der Waals surface area contributed by atoms with Gasteiger partial charge in [0.15, 0.2) is 0 Å². The van der Waals surface area contributed by atoms with Crippen molar-refractivity contribution < 1.29 is 9.53 Å². The third-order valence-electron chi connectivity index (χ3n) is 3.87. The topological polar surface area (TPSA) is 82.2 Å². The minimum absolute atomic E-state index is 0.183. The van der Waals surface area contributed by atoms with Crippen molar-refractivity contribution in [2.24, 2.45) is 5.73 Å². The minimum Gasteiger partial charge on any atom is -0.489 e. The maximum atomic E-state index is 11.4. The number of aromatic nitrogens is 2. The zero-order valence-electron chi connectivity index (χ0n) is 12.8. The molecule has 0 spiro atoms. The Hall–Kier alpha value is -2.50. The van der Waals surface area contributed by atoms with Gasteiger partial charge in [-0.3, -0.25) is 4.79 Å². The number of allylic oxidation sites excluding steroid dienone is 2. The number of benzene rings is 1. The van der Waals surface area contributed by atoms with Crippen LogP contribution < -0.4 is 15.8 Å². The second kappa shape index (κ2) is 5.71. The number of carbonyl (C=O) groups is 1. The highest BCUT2D eigenvalue weighted by Crippen LogP contribution is 2.38. The molecule has 1 unspecified atom stereocenters. The molecule has 1 aromatic heterocycles. The highest BCUT2D eigenvalue weighted by molar-refractivity contribution is 5.99. The van der Waals surface area contributed by atoms with Crippen molar-refractivity contribution in [1.82, 2.24) is 9.55 Å². The van der Waals surface area contributed by atoms with Gasteiger partial charge in [0.2, 0.25) is 11.9 Å². The molecule has 1 aliphatic rings. The Morgan fingerprint density at radius 2 is 2.36 bits per heavy atom. The predicted octanol–water partition coefficient (Wildman–Crippen LogP) is 2.47. The van der Waals surface area contributed by atoms with Crippen LogP contribution in [0, 0.1) is 0 Å². The van der Waals surface area contributed by atoms with Gasteiger partial charge in [-0.25, -0.2) is 4.98 Å². The lowest BCUT2D eigenvalue weighted by Crippen LogP contribution is -2.23. The van der Waals surface area contributed by atoms with E-state index >= 15 is 0 Å². The van der Waals surface area contributed by atoms with E-state index in [1.54, 1.807) is 12.1 Å². The molecule has 6 nitrogen and oxygen atoms in total. The fourth-order valence-electron chi connectivity index (χ4n) is 2.83. The van der Waals surface area contributed by atoms with Crippen LogP contribution in [0.25, 0.3) is 11.0 Å². The monoisotopic (exact) mass is 300 g/mol. The van der Waals surface area contributed by atoms with Gasteiger partial charge < -0.3 is 20.4 Å². The Labute approximate surface area is 129 Å². The lowest BCUT2D eigenvalue weighted by molar-refractivity contribution is 0.1000. The zero-order valence-corrected chi connectivity index (χ0v) is 12.8. The third kappa shape index (κ3) is 2.30. The maximum absolute atomic E-state index is 11.4. The fourth-order valence-corrected chi connectivity index (χ4v) is 2.83. The first kappa shape index (κ1) is 14.4. The van der Waals surface area contributed by atoms with E-state index in [0.717, 1.165) is 29.8 Å². The van der Waals surface area contributed by atoms with Crippen LogP contribution >= 0.6 is 0 Å². The number of imidazole rings is 1. The zero-order chi connectivity index (χ0) is 15.7. The lowest BCUT2D eigenvalue weighted by atomic mass is 10.1. The summed E-state index contributed by atoms with van der Waals surface area (Å²) in [6.07, 6.45) is 6.22. The van der Waals surface area contributed by atoms with Crippen molar-refractivity contribution in [3.8, 4) is 5.75 Å². The van der Waals surface area contributed by atoms with Crippen molar-refractivity contribution in [1.29, 1.82) is 0 Å². The summed E-state index contributed by atoms with van der Waals surface area (Å²) in [6, 6.07) is 3.59. The Morgan fingerprint density at radius 3 is 3.05 bits per heavy atom. The number of carbonyl (C=O) groups excluding carboxylic acids is 1. The van der Waals surface area contributed by atoms with Gasteiger partial charge >= 0.3 is 0 Å². The SMILES string of the molecule is CC/C=C/CC1COc2cc(C(N)=O)cc3nc(NC)n1c23. The standard InChI is InChI=1S/C16H20N4O2/c1-3-4-5-6-11-9-22-13-8-10(15(17)21)7-12-14(13)20(11)16(18-2)19-12/h4-5,7-8,11H,3,6,9H2,1-2H3,(H2,17,21)(H,18,19)/b5-4+. The summed E-state index contributed by atoms with van der Waals surface area (Å²) in [4.78, 5) is 16.0. The fraction of sp³-hybridized carbons (Fsp3) is 0.375. The van der Waals surface area contributed by atoms with Gasteiger partial charge in [-0.1, -0.05) is 19.1 Å². The molecule has 116 valence electrons. The Balaban J connectivity index is 2.13. The predicted molar refractivity (Wildman–Crippen MR) is 86.4 cm³/mol. The van der Waals surface area contributed by atoms with E-state index < -0.39 is 5.91 Å². The normalized spacial score (nSPS) is 16.9. The first-order chi connectivity index (χ1) is 10.7. The summed E-state index contributed by atoms with van der Waals surface area (Å²) in [6.45, 7) is 2.66. The number of primary amides is 1. The highest BCUT2D eigenvalue weighted by atomic mass is 16.5. The molecule has 0 radical (unpaired) electrons. The van der Waals surface area contributed by atoms with E-state index in [4.69, 9.17) is 10.5 Å². The van der Waals surface area contributed by atoms with Crippen molar-refractivity contribution in [2.45, 2.75) is 25.8 Å². The van der Waals surface area contributed by atoms with Crippen LogP contribution in [0.2, 0.25) is 0 Å². The number of rotatable bonds is 5. The third-order valence-corrected chi connectivity index (χ3v) is 3.87. The van der Waals surface area contributed by atoms with Crippen molar-refractivity contribution in [3.05, 3.63) is 29.8 Å². The molecule has 0 fully saturated rings. The van der Waals surface area contributed by atoms with E-state index in [2.05, 4.69) is 33.9 Å². The summed E-state index contributed by atoms with van der Waals surface area (Å²) in [7, 11) is 1.84. The first-order valence-electron chi connectivity index (χ1n) is 7.47. The molecule has 1 amide bonds. The minimum atomic E-state index is -0.477. The summed E-state index contributed by atoms with van der Waals surface area (Å²) in [5.74, 6) is 0.961. The quantitative estimate of drug-likeness (QED) is 0.831. The number of nitrogens with two attached hydrogens (primary N) is 1. The van der Waals surface area contributed by atoms with Crippen LogP contribution in [0.15, 0.2) is 24.3 Å². The van der Waals surface area contributed by atoms with Gasteiger partial charge in [0, 0.05) is 12.6 Å². The largest absolute Gasteiger partial charge is 0.489 e. The van der Waals surface area contributed by atoms with E-state index in [9.17, 15) is 4.79 Å². The molecule has 1 atom stereocenters. The van der Waals surface area contributed by atoms with Gasteiger partial charge in [-0.05, 0) is 25.0 Å². The summed E-state index contributed by atoms with van der Waals surface area (Å²) in [5.41, 5.74) is 7.43. The Kier molecular flexibility index (Phi) is 3.75. The summed E-state index contributed by atoms with van der Waals surface area (Å²) >= 11 is 0. The van der Waals surface area contributed by atoms with Crippen molar-refractivity contribution >= 4 is 22.9 Å². The molecule has 22 heavy (non-hydrogen) atoms. The average Bonchev–Trinajstić information content (AvgIpc) is 2.89. The molecule has 2 aromatic rings. The van der Waals surface area contributed by atoms with Gasteiger partial charge in [0.25, 0.3) is 0 Å². The van der Waals surface area contributed by atoms with Gasteiger partial charge in [0.1, 0.15) is 17.9 Å². The van der Waals surface area contributed by atoms with Crippen LogP contribution in [0.3, 0.4) is 0 Å². The van der Waals surface area contributed by atoms with Crippen LogP contribution in [-0.2, 0) is 0 Å². The molecular formula is C16H20N4O2. The summed E-state index contributed by atoms with van der Waals surface area (Å²) < 4.78 is 8.01. The molecule has 1 aromatic carbocycles. The molecule has 0 bridgehead atoms.